The van der Waals surface area contributed by atoms with Crippen molar-refractivity contribution in [2.24, 2.45) is 0 Å². The summed E-state index contributed by atoms with van der Waals surface area (Å²) in [6.07, 6.45) is 0. The SMILES string of the molecule is Cc1ccc(C(=O)Nc2ccc(Oc3ccccc3Cl)cc2)c(C)n1. The number of para-hydroxylation sites is 1. The monoisotopic (exact) mass is 352 g/mol. The maximum absolute atomic E-state index is 12.4. The van der Waals surface area contributed by atoms with E-state index in [4.69, 9.17) is 16.3 Å². The molecule has 3 aromatic rings. The third kappa shape index (κ3) is 4.17. The molecule has 126 valence electrons. The summed E-state index contributed by atoms with van der Waals surface area (Å²) in [5.41, 5.74) is 2.82. The zero-order chi connectivity index (χ0) is 17.8. The Morgan fingerprint density at radius 2 is 1.72 bits per heavy atom. The Kier molecular flexibility index (Phi) is 5.00. The van der Waals surface area contributed by atoms with E-state index in [2.05, 4.69) is 10.3 Å². The van der Waals surface area contributed by atoms with Gasteiger partial charge in [-0.1, -0.05) is 23.7 Å². The molecule has 0 unspecified atom stereocenters. The van der Waals surface area contributed by atoms with E-state index < -0.39 is 0 Å². The Balaban J connectivity index is 1.70. The molecule has 0 bridgehead atoms. The highest BCUT2D eigenvalue weighted by Crippen LogP contribution is 2.29. The number of rotatable bonds is 4. The molecule has 1 aromatic heterocycles. The number of nitrogens with zero attached hydrogens (tertiary/aromatic N) is 1. The summed E-state index contributed by atoms with van der Waals surface area (Å²) >= 11 is 6.08. The third-order valence-corrected chi connectivity index (χ3v) is 3.96. The Morgan fingerprint density at radius 3 is 2.40 bits per heavy atom. The Hall–Kier alpha value is -2.85. The number of ether oxygens (including phenoxy) is 1. The van der Waals surface area contributed by atoms with Crippen LogP contribution in [0.1, 0.15) is 21.7 Å². The molecule has 0 radical (unpaired) electrons. The largest absolute Gasteiger partial charge is 0.456 e. The van der Waals surface area contributed by atoms with Crippen LogP contribution < -0.4 is 10.1 Å². The van der Waals surface area contributed by atoms with Gasteiger partial charge in [0.15, 0.2) is 0 Å². The van der Waals surface area contributed by atoms with Crippen molar-refractivity contribution in [2.45, 2.75) is 13.8 Å². The Bertz CT molecular complexity index is 908. The maximum atomic E-state index is 12.4. The lowest BCUT2D eigenvalue weighted by Crippen LogP contribution is -2.14. The predicted octanol–water partition coefficient (Wildman–Crippen LogP) is 5.40. The second-order valence-electron chi connectivity index (χ2n) is 5.60. The number of amides is 1. The van der Waals surface area contributed by atoms with Crippen LogP contribution in [0.25, 0.3) is 0 Å². The minimum atomic E-state index is -0.190. The van der Waals surface area contributed by atoms with E-state index in [1.54, 1.807) is 42.5 Å². The Labute approximate surface area is 151 Å². The smallest absolute Gasteiger partial charge is 0.257 e. The van der Waals surface area contributed by atoms with E-state index >= 15 is 0 Å². The van der Waals surface area contributed by atoms with Crippen molar-refractivity contribution in [1.82, 2.24) is 4.98 Å². The summed E-state index contributed by atoms with van der Waals surface area (Å²) in [7, 11) is 0. The molecule has 0 saturated heterocycles. The normalized spacial score (nSPS) is 10.4. The van der Waals surface area contributed by atoms with Crippen LogP contribution >= 0.6 is 11.6 Å². The highest BCUT2D eigenvalue weighted by Gasteiger charge is 2.10. The number of hydrogen-bond acceptors (Lipinski definition) is 3. The van der Waals surface area contributed by atoms with Crippen LogP contribution in [-0.2, 0) is 0 Å². The molecule has 1 amide bonds. The molecular weight excluding hydrogens is 336 g/mol. The van der Waals surface area contributed by atoms with Crippen LogP contribution in [0.5, 0.6) is 11.5 Å². The van der Waals surface area contributed by atoms with Gasteiger partial charge in [-0.3, -0.25) is 9.78 Å². The Morgan fingerprint density at radius 1 is 1.00 bits per heavy atom. The van der Waals surface area contributed by atoms with E-state index in [0.717, 1.165) is 5.69 Å². The van der Waals surface area contributed by atoms with Gasteiger partial charge >= 0.3 is 0 Å². The van der Waals surface area contributed by atoms with Crippen LogP contribution in [0, 0.1) is 13.8 Å². The van der Waals surface area contributed by atoms with Crippen LogP contribution in [0.15, 0.2) is 60.7 Å². The number of benzene rings is 2. The topological polar surface area (TPSA) is 51.2 Å². The van der Waals surface area contributed by atoms with Gasteiger partial charge in [0.1, 0.15) is 11.5 Å². The number of anilines is 1. The maximum Gasteiger partial charge on any atom is 0.257 e. The first-order chi connectivity index (χ1) is 12.0. The van der Waals surface area contributed by atoms with Gasteiger partial charge in [-0.25, -0.2) is 0 Å². The van der Waals surface area contributed by atoms with E-state index in [1.165, 1.54) is 0 Å². The zero-order valence-corrected chi connectivity index (χ0v) is 14.7. The molecule has 5 heteroatoms. The quantitative estimate of drug-likeness (QED) is 0.684. The minimum absolute atomic E-state index is 0.190. The predicted molar refractivity (Wildman–Crippen MR) is 99.6 cm³/mol. The fourth-order valence-electron chi connectivity index (χ4n) is 2.39. The van der Waals surface area contributed by atoms with E-state index in [-0.39, 0.29) is 5.91 Å². The van der Waals surface area contributed by atoms with Gasteiger partial charge in [0.05, 0.1) is 16.3 Å². The second-order valence-corrected chi connectivity index (χ2v) is 6.00. The lowest BCUT2D eigenvalue weighted by Gasteiger charge is -2.10. The number of aryl methyl sites for hydroxylation is 2. The fourth-order valence-corrected chi connectivity index (χ4v) is 2.56. The summed E-state index contributed by atoms with van der Waals surface area (Å²) in [4.78, 5) is 16.7. The average Bonchev–Trinajstić information content (AvgIpc) is 2.58. The summed E-state index contributed by atoms with van der Waals surface area (Å²) in [6.45, 7) is 3.72. The van der Waals surface area contributed by atoms with Crippen LogP contribution in [0.3, 0.4) is 0 Å². The second kappa shape index (κ2) is 7.36. The van der Waals surface area contributed by atoms with Gasteiger partial charge in [-0.15, -0.1) is 0 Å². The molecule has 25 heavy (non-hydrogen) atoms. The van der Waals surface area contributed by atoms with Gasteiger partial charge < -0.3 is 10.1 Å². The molecule has 0 saturated carbocycles. The van der Waals surface area contributed by atoms with Crippen LogP contribution in [-0.4, -0.2) is 10.9 Å². The molecule has 2 aromatic carbocycles. The zero-order valence-electron chi connectivity index (χ0n) is 13.9. The van der Waals surface area contributed by atoms with Crippen molar-refractivity contribution in [3.63, 3.8) is 0 Å². The highest BCUT2D eigenvalue weighted by atomic mass is 35.5. The first-order valence-electron chi connectivity index (χ1n) is 7.81. The molecule has 0 spiro atoms. The summed E-state index contributed by atoms with van der Waals surface area (Å²) < 4.78 is 5.73. The number of aromatic nitrogens is 1. The first-order valence-corrected chi connectivity index (χ1v) is 8.19. The van der Waals surface area contributed by atoms with E-state index in [1.807, 2.05) is 32.0 Å². The molecule has 3 rings (SSSR count). The van der Waals surface area contributed by atoms with E-state index in [0.29, 0.717) is 33.5 Å². The summed E-state index contributed by atoms with van der Waals surface area (Å²) in [6, 6.07) is 18.0. The van der Waals surface area contributed by atoms with Crippen molar-refractivity contribution in [3.05, 3.63) is 82.6 Å². The average molecular weight is 353 g/mol. The minimum Gasteiger partial charge on any atom is -0.456 e. The molecule has 1 heterocycles. The third-order valence-electron chi connectivity index (χ3n) is 3.65. The highest BCUT2D eigenvalue weighted by molar-refractivity contribution is 6.32. The lowest BCUT2D eigenvalue weighted by atomic mass is 10.1. The molecule has 1 N–H and O–H groups in total. The first kappa shape index (κ1) is 17.0. The van der Waals surface area contributed by atoms with Crippen LogP contribution in [0.4, 0.5) is 5.69 Å². The number of carbonyl (C=O) groups excluding carboxylic acids is 1. The van der Waals surface area contributed by atoms with Gasteiger partial charge in [-0.2, -0.15) is 0 Å². The summed E-state index contributed by atoms with van der Waals surface area (Å²) in [5.74, 6) is 1.03. The molecule has 4 nitrogen and oxygen atoms in total. The fraction of sp³-hybridized carbons (Fsp3) is 0.100. The number of pyridine rings is 1. The molecule has 0 aliphatic carbocycles. The van der Waals surface area contributed by atoms with Gasteiger partial charge in [-0.05, 0) is 62.4 Å². The van der Waals surface area contributed by atoms with Gasteiger partial charge in [0.2, 0.25) is 0 Å². The molecule has 0 aliphatic heterocycles. The number of hydrogen-bond donors (Lipinski definition) is 1. The standard InChI is InChI=1S/C20H17ClN2O2/c1-13-7-12-17(14(2)22-13)20(24)23-15-8-10-16(11-9-15)25-19-6-4-3-5-18(19)21/h3-12H,1-2H3,(H,23,24). The molecular formula is C20H17ClN2O2. The van der Waals surface area contributed by atoms with Crippen molar-refractivity contribution in [2.75, 3.05) is 5.32 Å². The number of nitrogens with one attached hydrogen (secondary N) is 1. The molecule has 0 aliphatic rings. The number of carbonyl (C=O) groups is 1. The van der Waals surface area contributed by atoms with Crippen molar-refractivity contribution in [1.29, 1.82) is 0 Å². The number of halogens is 1. The van der Waals surface area contributed by atoms with E-state index in [9.17, 15) is 4.79 Å². The van der Waals surface area contributed by atoms with Gasteiger partial charge in [0.25, 0.3) is 5.91 Å². The van der Waals surface area contributed by atoms with Gasteiger partial charge in [0, 0.05) is 11.4 Å². The summed E-state index contributed by atoms with van der Waals surface area (Å²) in [5, 5.41) is 3.40. The lowest BCUT2D eigenvalue weighted by molar-refractivity contribution is 0.102. The molecule has 0 fully saturated rings. The molecule has 0 atom stereocenters. The van der Waals surface area contributed by atoms with Crippen molar-refractivity contribution in [3.8, 4) is 11.5 Å². The van der Waals surface area contributed by atoms with Crippen LogP contribution in [0.2, 0.25) is 5.02 Å². The van der Waals surface area contributed by atoms with Crippen molar-refractivity contribution < 1.29 is 9.53 Å². The van der Waals surface area contributed by atoms with Crippen molar-refractivity contribution >= 4 is 23.2 Å².